The van der Waals surface area contributed by atoms with Gasteiger partial charge in [-0.1, -0.05) is 33.1 Å². The van der Waals surface area contributed by atoms with Crippen LogP contribution < -0.4 is 0 Å². The minimum Gasteiger partial charge on any atom is -0.481 e. The highest BCUT2D eigenvalue weighted by molar-refractivity contribution is 5.67. The molecular formula is C15H29NO2. The molecule has 0 spiro atoms. The van der Waals surface area contributed by atoms with E-state index in [-0.39, 0.29) is 12.5 Å². The van der Waals surface area contributed by atoms with Crippen LogP contribution in [-0.4, -0.2) is 34.6 Å². The van der Waals surface area contributed by atoms with Crippen LogP contribution in [-0.2, 0) is 4.79 Å². The molecule has 3 nitrogen and oxygen atoms in total. The fourth-order valence-corrected chi connectivity index (χ4v) is 3.40. The van der Waals surface area contributed by atoms with Crippen molar-refractivity contribution in [3.63, 3.8) is 0 Å². The van der Waals surface area contributed by atoms with Crippen molar-refractivity contribution in [1.82, 2.24) is 4.90 Å². The van der Waals surface area contributed by atoms with Crippen molar-refractivity contribution in [1.29, 1.82) is 0 Å². The number of carbonyl (C=O) groups is 1. The Morgan fingerprint density at radius 3 is 2.56 bits per heavy atom. The maximum absolute atomic E-state index is 10.9. The molecular weight excluding hydrogens is 226 g/mol. The van der Waals surface area contributed by atoms with E-state index < -0.39 is 5.97 Å². The van der Waals surface area contributed by atoms with Crippen LogP contribution in [0.4, 0.5) is 0 Å². The largest absolute Gasteiger partial charge is 0.481 e. The molecule has 1 aliphatic carbocycles. The summed E-state index contributed by atoms with van der Waals surface area (Å²) in [6.07, 6.45) is 8.03. The van der Waals surface area contributed by atoms with E-state index in [9.17, 15) is 4.79 Å². The molecule has 106 valence electrons. The monoisotopic (exact) mass is 255 g/mol. The van der Waals surface area contributed by atoms with E-state index in [1.165, 1.54) is 38.5 Å². The predicted octanol–water partition coefficient (Wildman–Crippen LogP) is 3.53. The minimum atomic E-state index is -0.680. The van der Waals surface area contributed by atoms with Crippen molar-refractivity contribution in [2.75, 3.05) is 6.54 Å². The van der Waals surface area contributed by atoms with Gasteiger partial charge in [-0.25, -0.2) is 0 Å². The first-order chi connectivity index (χ1) is 8.58. The Morgan fingerprint density at radius 1 is 1.28 bits per heavy atom. The predicted molar refractivity (Wildman–Crippen MR) is 74.7 cm³/mol. The van der Waals surface area contributed by atoms with Crippen molar-refractivity contribution in [2.45, 2.75) is 77.8 Å². The Morgan fingerprint density at radius 2 is 2.00 bits per heavy atom. The van der Waals surface area contributed by atoms with Crippen LogP contribution in [0, 0.1) is 5.92 Å². The van der Waals surface area contributed by atoms with Crippen molar-refractivity contribution < 1.29 is 9.90 Å². The van der Waals surface area contributed by atoms with Gasteiger partial charge >= 0.3 is 5.97 Å². The number of nitrogens with zero attached hydrogens (tertiary/aromatic N) is 1. The number of hydrogen-bond donors (Lipinski definition) is 1. The lowest BCUT2D eigenvalue weighted by Gasteiger charge is -2.34. The molecule has 0 aliphatic heterocycles. The molecule has 18 heavy (non-hydrogen) atoms. The molecule has 3 unspecified atom stereocenters. The molecule has 0 saturated heterocycles. The molecule has 3 atom stereocenters. The summed E-state index contributed by atoms with van der Waals surface area (Å²) < 4.78 is 0. The molecule has 0 aromatic heterocycles. The van der Waals surface area contributed by atoms with Gasteiger partial charge in [-0.2, -0.15) is 0 Å². The van der Waals surface area contributed by atoms with E-state index in [0.29, 0.717) is 6.04 Å². The number of carboxylic acids is 1. The molecule has 1 aliphatic rings. The van der Waals surface area contributed by atoms with E-state index in [2.05, 4.69) is 25.7 Å². The van der Waals surface area contributed by atoms with Crippen LogP contribution in [0.3, 0.4) is 0 Å². The van der Waals surface area contributed by atoms with Gasteiger partial charge < -0.3 is 5.11 Å². The third-order valence-electron chi connectivity index (χ3n) is 4.51. The molecule has 3 heteroatoms. The lowest BCUT2D eigenvalue weighted by molar-refractivity contribution is -0.138. The average Bonchev–Trinajstić information content (AvgIpc) is 2.54. The lowest BCUT2D eigenvalue weighted by Crippen LogP contribution is -2.42. The third-order valence-corrected chi connectivity index (χ3v) is 4.51. The molecule has 0 radical (unpaired) electrons. The molecule has 0 aromatic rings. The number of carboxylic acid groups (broad SMARTS) is 1. The maximum Gasteiger partial charge on any atom is 0.304 e. The van der Waals surface area contributed by atoms with Gasteiger partial charge in [0.05, 0.1) is 6.42 Å². The summed E-state index contributed by atoms with van der Waals surface area (Å²) in [6, 6.07) is 0.761. The highest BCUT2D eigenvalue weighted by atomic mass is 16.4. The first-order valence-electron chi connectivity index (χ1n) is 7.55. The van der Waals surface area contributed by atoms with Crippen LogP contribution in [0.2, 0.25) is 0 Å². The molecule has 1 N–H and O–H groups in total. The summed E-state index contributed by atoms with van der Waals surface area (Å²) in [4.78, 5) is 13.3. The molecule has 0 bridgehead atoms. The molecule has 0 amide bonds. The second-order valence-electron chi connectivity index (χ2n) is 5.71. The first-order valence-corrected chi connectivity index (χ1v) is 7.55. The highest BCUT2D eigenvalue weighted by Crippen LogP contribution is 2.29. The van der Waals surface area contributed by atoms with Crippen molar-refractivity contribution >= 4 is 5.97 Å². The molecule has 0 aromatic carbocycles. The molecule has 1 rings (SSSR count). The fourth-order valence-electron chi connectivity index (χ4n) is 3.40. The third kappa shape index (κ3) is 4.60. The second kappa shape index (κ2) is 7.78. The lowest BCUT2D eigenvalue weighted by atomic mass is 9.97. The van der Waals surface area contributed by atoms with E-state index in [0.717, 1.165) is 12.5 Å². The molecule has 1 fully saturated rings. The van der Waals surface area contributed by atoms with Crippen LogP contribution in [0.25, 0.3) is 0 Å². The zero-order valence-electron chi connectivity index (χ0n) is 12.2. The van der Waals surface area contributed by atoms with Crippen LogP contribution >= 0.6 is 0 Å². The summed E-state index contributed by atoms with van der Waals surface area (Å²) in [7, 11) is 0. The number of hydrogen-bond acceptors (Lipinski definition) is 2. The summed E-state index contributed by atoms with van der Waals surface area (Å²) in [5, 5.41) is 8.94. The quantitative estimate of drug-likeness (QED) is 0.738. The highest BCUT2D eigenvalue weighted by Gasteiger charge is 2.26. The zero-order valence-corrected chi connectivity index (χ0v) is 12.2. The Hall–Kier alpha value is -0.570. The van der Waals surface area contributed by atoms with Crippen LogP contribution in [0.5, 0.6) is 0 Å². The average molecular weight is 255 g/mol. The summed E-state index contributed by atoms with van der Waals surface area (Å²) >= 11 is 0. The summed E-state index contributed by atoms with van der Waals surface area (Å²) in [5.74, 6) is 0.212. The van der Waals surface area contributed by atoms with E-state index in [4.69, 9.17) is 5.11 Å². The molecule has 1 saturated carbocycles. The van der Waals surface area contributed by atoms with E-state index in [1.54, 1.807) is 0 Å². The van der Waals surface area contributed by atoms with Gasteiger partial charge in [-0.3, -0.25) is 9.69 Å². The maximum atomic E-state index is 10.9. The Bertz CT molecular complexity index is 255. The standard InChI is InChI=1S/C15H29NO2/c1-4-13-7-6-8-14(10-9-13)16(5-2)12(3)11-15(17)18/h12-14H,4-11H2,1-3H3,(H,17,18). The van der Waals surface area contributed by atoms with E-state index in [1.807, 2.05) is 0 Å². The molecule has 0 heterocycles. The Kier molecular flexibility index (Phi) is 6.69. The SMILES string of the molecule is CCC1CCCC(N(CC)C(C)CC(=O)O)CC1. The topological polar surface area (TPSA) is 40.5 Å². The zero-order chi connectivity index (χ0) is 13.5. The van der Waals surface area contributed by atoms with Crippen molar-refractivity contribution in [3.8, 4) is 0 Å². The van der Waals surface area contributed by atoms with E-state index >= 15 is 0 Å². The van der Waals surface area contributed by atoms with Crippen LogP contribution in [0.1, 0.15) is 65.7 Å². The number of rotatable bonds is 6. The van der Waals surface area contributed by atoms with Gasteiger partial charge in [0.2, 0.25) is 0 Å². The Labute approximate surface area is 112 Å². The van der Waals surface area contributed by atoms with Gasteiger partial charge in [-0.05, 0) is 38.6 Å². The van der Waals surface area contributed by atoms with Crippen molar-refractivity contribution in [2.24, 2.45) is 5.92 Å². The Balaban J connectivity index is 2.55. The second-order valence-corrected chi connectivity index (χ2v) is 5.71. The fraction of sp³-hybridized carbons (Fsp3) is 0.933. The normalized spacial score (nSPS) is 26.9. The van der Waals surface area contributed by atoms with Gasteiger partial charge in [0, 0.05) is 12.1 Å². The van der Waals surface area contributed by atoms with Gasteiger partial charge in [-0.15, -0.1) is 0 Å². The first kappa shape index (κ1) is 15.5. The van der Waals surface area contributed by atoms with Gasteiger partial charge in [0.1, 0.15) is 0 Å². The summed E-state index contributed by atoms with van der Waals surface area (Å²) in [6.45, 7) is 7.46. The number of aliphatic carboxylic acids is 1. The smallest absolute Gasteiger partial charge is 0.304 e. The van der Waals surface area contributed by atoms with Crippen molar-refractivity contribution in [3.05, 3.63) is 0 Å². The summed E-state index contributed by atoms with van der Waals surface area (Å²) in [5.41, 5.74) is 0. The van der Waals surface area contributed by atoms with Gasteiger partial charge in [0.15, 0.2) is 0 Å². The minimum absolute atomic E-state index is 0.163. The van der Waals surface area contributed by atoms with Crippen LogP contribution in [0.15, 0.2) is 0 Å². The van der Waals surface area contributed by atoms with Gasteiger partial charge in [0.25, 0.3) is 0 Å².